The third-order valence-electron chi connectivity index (χ3n) is 14.9. The third-order valence-corrected chi connectivity index (χ3v) is 14.9. The number of H-pyrrole nitrogens is 1. The first-order valence-electron chi connectivity index (χ1n) is 28.4. The second-order valence-electron chi connectivity index (χ2n) is 20.6. The normalized spacial score (nSPS) is 17.1. The summed E-state index contributed by atoms with van der Waals surface area (Å²) in [7, 11) is 0. The van der Waals surface area contributed by atoms with E-state index < -0.39 is 17.7 Å². The fraction of sp³-hybridized carbons (Fsp3) is 0.492. The van der Waals surface area contributed by atoms with E-state index in [-0.39, 0.29) is 48.6 Å². The first kappa shape index (κ1) is 59.3. The Hall–Kier alpha value is -7.28. The van der Waals surface area contributed by atoms with E-state index in [0.29, 0.717) is 184 Å². The number of aromatic amines is 1. The van der Waals surface area contributed by atoms with Crippen molar-refractivity contribution >= 4 is 69.0 Å². The van der Waals surface area contributed by atoms with E-state index in [1.165, 1.54) is 12.1 Å². The number of nitrogens with zero attached hydrogens (tertiary/aromatic N) is 5. The number of piperidine rings is 1. The summed E-state index contributed by atoms with van der Waals surface area (Å²) in [5.74, 6) is -1.74. The van der Waals surface area contributed by atoms with E-state index in [2.05, 4.69) is 41.3 Å². The van der Waals surface area contributed by atoms with Crippen LogP contribution in [-0.2, 0) is 54.0 Å². The van der Waals surface area contributed by atoms with Crippen molar-refractivity contribution in [3.8, 4) is 0 Å². The minimum atomic E-state index is -0.641. The summed E-state index contributed by atoms with van der Waals surface area (Å²) in [6.07, 6.45) is 3.25. The van der Waals surface area contributed by atoms with Gasteiger partial charge in [0.15, 0.2) is 5.82 Å². The molecule has 4 aliphatic rings. The van der Waals surface area contributed by atoms with Crippen molar-refractivity contribution in [1.29, 1.82) is 0 Å². The number of benzene rings is 4. The molecule has 5 amide bonds. The molecule has 5 N–H and O–H groups in total. The highest BCUT2D eigenvalue weighted by atomic mass is 19.1. The first-order valence-corrected chi connectivity index (χ1v) is 28.4. The summed E-state index contributed by atoms with van der Waals surface area (Å²) < 4.78 is 61.6. The maximum absolute atomic E-state index is 14.0. The molecule has 0 bridgehead atoms. The van der Waals surface area contributed by atoms with Crippen molar-refractivity contribution in [2.75, 3.05) is 157 Å². The zero-order valence-electron chi connectivity index (χ0n) is 46.2. The molecule has 1 atom stereocenters. The minimum Gasteiger partial charge on any atom is -0.381 e. The largest absolute Gasteiger partial charge is 0.381 e. The molecule has 4 aromatic carbocycles. The summed E-state index contributed by atoms with van der Waals surface area (Å²) in [6.45, 7) is 10.0. The number of aromatic nitrogens is 2. The van der Waals surface area contributed by atoms with Crippen LogP contribution in [0.1, 0.15) is 60.0 Å². The lowest BCUT2D eigenvalue weighted by atomic mass is 10.0. The van der Waals surface area contributed by atoms with Gasteiger partial charge in [0, 0.05) is 112 Å². The molecule has 1 aromatic heterocycles. The number of hydrogen-bond donors (Lipinski definition) is 5. The van der Waals surface area contributed by atoms with E-state index in [1.54, 1.807) is 0 Å². The zero-order valence-corrected chi connectivity index (χ0v) is 46.2. The number of carbonyl (C=O) groups excluding carboxylic acids is 5. The Morgan fingerprint density at radius 2 is 1.17 bits per heavy atom. The fourth-order valence-electron chi connectivity index (χ4n) is 10.3. The maximum atomic E-state index is 14.0. The van der Waals surface area contributed by atoms with Gasteiger partial charge >= 0.3 is 0 Å². The summed E-state index contributed by atoms with van der Waals surface area (Å²) in [6, 6.07) is 22.2. The maximum Gasteiger partial charge on any atom is 0.258 e. The van der Waals surface area contributed by atoms with Gasteiger partial charge in [-0.2, -0.15) is 5.10 Å². The van der Waals surface area contributed by atoms with Gasteiger partial charge in [-0.05, 0) is 104 Å². The van der Waals surface area contributed by atoms with Crippen LogP contribution in [0.4, 0.5) is 37.3 Å². The molecule has 0 saturated carbocycles. The Morgan fingerprint density at radius 1 is 0.610 bits per heavy atom. The van der Waals surface area contributed by atoms with Gasteiger partial charge in [0.1, 0.15) is 17.7 Å². The van der Waals surface area contributed by atoms with Crippen molar-refractivity contribution in [1.82, 2.24) is 25.3 Å². The predicted molar refractivity (Wildman–Crippen MR) is 304 cm³/mol. The number of imide groups is 1. The van der Waals surface area contributed by atoms with E-state index in [9.17, 15) is 32.8 Å². The smallest absolute Gasteiger partial charge is 0.258 e. The molecule has 4 saturated heterocycles. The van der Waals surface area contributed by atoms with Gasteiger partial charge in [-0.25, -0.2) is 8.78 Å². The molecule has 0 radical (unpaired) electrons. The highest BCUT2D eigenvalue weighted by Gasteiger charge is 2.28. The summed E-state index contributed by atoms with van der Waals surface area (Å²) >= 11 is 0. The number of nitrogens with one attached hydrogen (secondary N) is 5. The number of piperazine rings is 2. The van der Waals surface area contributed by atoms with Gasteiger partial charge < -0.3 is 64.0 Å². The lowest BCUT2D eigenvalue weighted by Gasteiger charge is -2.36. The van der Waals surface area contributed by atoms with Crippen molar-refractivity contribution in [2.24, 2.45) is 0 Å². The number of halogens is 2. The Balaban J connectivity index is 0.586. The second-order valence-corrected chi connectivity index (χ2v) is 20.6. The summed E-state index contributed by atoms with van der Waals surface area (Å²) in [5, 5.41) is 20.2. The Labute approximate surface area is 475 Å². The molecule has 440 valence electrons. The Morgan fingerprint density at radius 3 is 1.76 bits per heavy atom. The van der Waals surface area contributed by atoms with Crippen LogP contribution < -0.4 is 31.1 Å². The summed E-state index contributed by atoms with van der Waals surface area (Å²) in [5.41, 5.74) is 5.92. The van der Waals surface area contributed by atoms with Crippen LogP contribution in [0.5, 0.6) is 0 Å². The van der Waals surface area contributed by atoms with Gasteiger partial charge in [-0.3, -0.25) is 34.4 Å². The third kappa shape index (κ3) is 17.4. The molecule has 21 nitrogen and oxygen atoms in total. The van der Waals surface area contributed by atoms with Crippen LogP contribution in [-0.4, -0.2) is 193 Å². The quantitative estimate of drug-likeness (QED) is 0.0314. The van der Waals surface area contributed by atoms with Crippen LogP contribution in [0, 0.1) is 11.6 Å². The van der Waals surface area contributed by atoms with Crippen LogP contribution in [0.3, 0.4) is 0 Å². The molecule has 0 spiro atoms. The number of anilines is 5. The zero-order chi connectivity index (χ0) is 57.0. The molecular formula is C59H74F2N10O11. The molecule has 9 rings (SSSR count). The van der Waals surface area contributed by atoms with Gasteiger partial charge in [0.05, 0.1) is 90.0 Å². The van der Waals surface area contributed by atoms with Gasteiger partial charge in [-0.15, -0.1) is 0 Å². The van der Waals surface area contributed by atoms with E-state index >= 15 is 0 Å². The lowest BCUT2D eigenvalue weighted by molar-refractivity contribution is -0.134. The number of amides is 5. The molecule has 5 aromatic rings. The van der Waals surface area contributed by atoms with Crippen LogP contribution >= 0.6 is 0 Å². The Kier molecular flexibility index (Phi) is 21.8. The molecular weight excluding hydrogens is 1060 g/mol. The molecule has 23 heteroatoms. The molecule has 1 unspecified atom stereocenters. The average molecular weight is 1140 g/mol. The van der Waals surface area contributed by atoms with Crippen molar-refractivity contribution in [3.05, 3.63) is 107 Å². The topological polar surface area (TPSA) is 230 Å². The first-order chi connectivity index (χ1) is 40.0. The highest BCUT2D eigenvalue weighted by molar-refractivity contribution is 6.11. The molecule has 5 heterocycles. The number of hydrogen-bond acceptors (Lipinski definition) is 16. The monoisotopic (exact) mass is 1140 g/mol. The van der Waals surface area contributed by atoms with Gasteiger partial charge in [0.2, 0.25) is 23.6 Å². The van der Waals surface area contributed by atoms with E-state index in [1.807, 2.05) is 70.5 Å². The van der Waals surface area contributed by atoms with Gasteiger partial charge in [-0.1, -0.05) is 6.07 Å². The average Bonchev–Trinajstić information content (AvgIpc) is 4.06. The van der Waals surface area contributed by atoms with Crippen LogP contribution in [0.25, 0.3) is 10.9 Å². The van der Waals surface area contributed by atoms with E-state index in [4.69, 9.17) is 28.4 Å². The second kappa shape index (κ2) is 30.1. The van der Waals surface area contributed by atoms with E-state index in [0.717, 1.165) is 41.5 Å². The SMILES string of the molecule is O=C1CCC(Nc2ccc(N3CCN(C(=O)CCOCCOCCOCCOCCOCCC(=O)N4CCN(c5ccc(C(=O)Nc6n[nH]c7ccc(Cc8cc(F)cc(F)c8)cc67)c(NC6CCOCC6)c5)CC4)CC3)cc2)C(=O)N1. The number of rotatable bonds is 28. The number of ether oxygens (including phenoxy) is 6. The standard InChI is InChI=1S/C59H74F2N10O11/c60-43-36-42(37-44(61)39-43)35-41-1-8-51-50(38-41)57(67-66-51)65-58(75)49-7-6-48(40-53(49)63-46-11-23-77-24-12-46)69-17-21-71(22-18-69)56(74)14-26-79-28-30-81-32-34-82-33-31-80-29-27-78-25-13-55(73)70-19-15-68(16-20-70)47-4-2-45(3-5-47)62-52-9-10-54(72)64-59(52)76/h1-8,36-40,46,52,62-63H,9-35H2,(H,64,72,76)(H2,65,66,67,75). The highest BCUT2D eigenvalue weighted by Crippen LogP contribution is 2.30. The van der Waals surface area contributed by atoms with Gasteiger partial charge in [0.25, 0.3) is 5.91 Å². The fourth-order valence-corrected chi connectivity index (χ4v) is 10.3. The predicted octanol–water partition coefficient (Wildman–Crippen LogP) is 5.35. The van der Waals surface area contributed by atoms with Crippen LogP contribution in [0.2, 0.25) is 0 Å². The lowest BCUT2D eigenvalue weighted by Crippen LogP contribution is -2.49. The van der Waals surface area contributed by atoms with Crippen molar-refractivity contribution in [3.63, 3.8) is 0 Å². The molecule has 0 aliphatic carbocycles. The molecule has 4 aliphatic heterocycles. The Bertz CT molecular complexity index is 2910. The minimum absolute atomic E-state index is 0.0275. The van der Waals surface area contributed by atoms with Crippen molar-refractivity contribution < 1.29 is 61.2 Å². The summed E-state index contributed by atoms with van der Waals surface area (Å²) in [4.78, 5) is 71.6. The van der Waals surface area contributed by atoms with Crippen molar-refractivity contribution in [2.45, 2.75) is 57.0 Å². The molecule has 4 fully saturated rings. The number of carbonyl (C=O) groups is 5. The number of fused-ring (bicyclic) bond motifs is 1. The molecule has 82 heavy (non-hydrogen) atoms. The van der Waals surface area contributed by atoms with Crippen LogP contribution in [0.15, 0.2) is 78.9 Å².